The Hall–Kier alpha value is -2.86. The number of carbonyl (C=O) groups is 1. The first-order valence-corrected chi connectivity index (χ1v) is 9.22. The summed E-state index contributed by atoms with van der Waals surface area (Å²) in [6, 6.07) is 14.6. The molecular formula is C20H19ClN4O2. The SMILES string of the molecule is Cc1ccccc1NC(=O)N1CCC[C@H]1c1nc(-c2cccc(Cl)c2)no1. The fraction of sp³-hybridized carbons (Fsp3) is 0.250. The Labute approximate surface area is 162 Å². The van der Waals surface area contributed by atoms with Crippen molar-refractivity contribution in [3.63, 3.8) is 0 Å². The Morgan fingerprint density at radius 1 is 1.26 bits per heavy atom. The van der Waals surface area contributed by atoms with E-state index in [1.807, 2.05) is 43.3 Å². The van der Waals surface area contributed by atoms with Crippen molar-refractivity contribution in [3.05, 3.63) is 65.0 Å². The van der Waals surface area contributed by atoms with Gasteiger partial charge in [-0.25, -0.2) is 4.79 Å². The summed E-state index contributed by atoms with van der Waals surface area (Å²) in [4.78, 5) is 19.0. The number of aryl methyl sites for hydroxylation is 1. The lowest BCUT2D eigenvalue weighted by atomic mass is 10.2. The molecule has 1 N–H and O–H groups in total. The van der Waals surface area contributed by atoms with Crippen LogP contribution in [0.15, 0.2) is 53.1 Å². The van der Waals surface area contributed by atoms with Gasteiger partial charge in [-0.1, -0.05) is 47.1 Å². The van der Waals surface area contributed by atoms with Gasteiger partial charge in [-0.15, -0.1) is 0 Å². The number of nitrogens with zero attached hydrogens (tertiary/aromatic N) is 3. The van der Waals surface area contributed by atoms with Gasteiger partial charge in [0, 0.05) is 22.8 Å². The summed E-state index contributed by atoms with van der Waals surface area (Å²) in [5, 5.41) is 7.65. The third-order valence-electron chi connectivity index (χ3n) is 4.71. The number of likely N-dealkylation sites (tertiary alicyclic amines) is 1. The van der Waals surface area contributed by atoms with Gasteiger partial charge < -0.3 is 14.7 Å². The minimum Gasteiger partial charge on any atom is -0.337 e. The second-order valence-electron chi connectivity index (χ2n) is 6.56. The van der Waals surface area contributed by atoms with Crippen LogP contribution in [0.25, 0.3) is 11.4 Å². The van der Waals surface area contributed by atoms with Crippen LogP contribution in [0, 0.1) is 6.92 Å². The van der Waals surface area contributed by atoms with Crippen LogP contribution >= 0.6 is 11.6 Å². The number of hydrogen-bond acceptors (Lipinski definition) is 4. The monoisotopic (exact) mass is 382 g/mol. The van der Waals surface area contributed by atoms with Gasteiger partial charge in [0.2, 0.25) is 11.7 Å². The summed E-state index contributed by atoms with van der Waals surface area (Å²) in [5.41, 5.74) is 2.60. The Kier molecular flexibility index (Phi) is 4.81. The molecule has 1 aliphatic heterocycles. The molecule has 4 rings (SSSR count). The number of halogens is 1. The summed E-state index contributed by atoms with van der Waals surface area (Å²) < 4.78 is 5.47. The summed E-state index contributed by atoms with van der Waals surface area (Å²) >= 11 is 6.04. The molecule has 0 unspecified atom stereocenters. The van der Waals surface area contributed by atoms with Crippen molar-refractivity contribution in [2.24, 2.45) is 0 Å². The first-order chi connectivity index (χ1) is 13.1. The van der Waals surface area contributed by atoms with E-state index in [2.05, 4.69) is 15.5 Å². The number of benzene rings is 2. The summed E-state index contributed by atoms with van der Waals surface area (Å²) in [5.74, 6) is 0.918. The second kappa shape index (κ2) is 7.40. The Morgan fingerprint density at radius 2 is 2.11 bits per heavy atom. The summed E-state index contributed by atoms with van der Waals surface area (Å²) in [6.45, 7) is 2.61. The second-order valence-corrected chi connectivity index (χ2v) is 7.00. The smallest absolute Gasteiger partial charge is 0.322 e. The van der Waals surface area contributed by atoms with Crippen molar-refractivity contribution >= 4 is 23.3 Å². The van der Waals surface area contributed by atoms with E-state index >= 15 is 0 Å². The van der Waals surface area contributed by atoms with Crippen molar-refractivity contribution in [3.8, 4) is 11.4 Å². The molecule has 6 nitrogen and oxygen atoms in total. The minimum absolute atomic E-state index is 0.158. The molecule has 2 aromatic carbocycles. The Balaban J connectivity index is 1.53. The number of carbonyl (C=O) groups excluding carboxylic acids is 1. The van der Waals surface area contributed by atoms with E-state index in [1.54, 1.807) is 17.0 Å². The normalized spacial score (nSPS) is 16.5. The molecule has 1 aromatic heterocycles. The van der Waals surface area contributed by atoms with Crippen LogP contribution in [-0.2, 0) is 0 Å². The van der Waals surface area contributed by atoms with Gasteiger partial charge in [-0.3, -0.25) is 0 Å². The Bertz CT molecular complexity index is 972. The molecule has 1 aliphatic rings. The van der Waals surface area contributed by atoms with E-state index in [0.717, 1.165) is 29.7 Å². The molecule has 3 aromatic rings. The standard InChI is InChI=1S/C20H19ClN4O2/c1-13-6-2-3-9-16(13)22-20(26)25-11-5-10-17(25)19-23-18(24-27-19)14-7-4-8-15(21)12-14/h2-4,6-9,12,17H,5,10-11H2,1H3,(H,22,26)/t17-/m0/s1. The van der Waals surface area contributed by atoms with Gasteiger partial charge in [0.15, 0.2) is 0 Å². The zero-order valence-corrected chi connectivity index (χ0v) is 15.6. The number of amides is 2. The maximum Gasteiger partial charge on any atom is 0.322 e. The number of para-hydroxylation sites is 1. The minimum atomic E-state index is -0.227. The Morgan fingerprint density at radius 3 is 2.93 bits per heavy atom. The van der Waals surface area contributed by atoms with Crippen molar-refractivity contribution in [2.75, 3.05) is 11.9 Å². The van der Waals surface area contributed by atoms with Crippen LogP contribution in [0.5, 0.6) is 0 Å². The van der Waals surface area contributed by atoms with Crippen molar-refractivity contribution in [1.82, 2.24) is 15.0 Å². The van der Waals surface area contributed by atoms with Crippen molar-refractivity contribution in [2.45, 2.75) is 25.8 Å². The van der Waals surface area contributed by atoms with E-state index in [4.69, 9.17) is 16.1 Å². The molecule has 0 radical (unpaired) electrons. The molecule has 27 heavy (non-hydrogen) atoms. The first kappa shape index (κ1) is 17.5. The van der Waals surface area contributed by atoms with Gasteiger partial charge in [0.05, 0.1) is 0 Å². The largest absolute Gasteiger partial charge is 0.337 e. The predicted octanol–water partition coefficient (Wildman–Crippen LogP) is 5.07. The van der Waals surface area contributed by atoms with E-state index in [9.17, 15) is 4.79 Å². The number of aromatic nitrogens is 2. The number of anilines is 1. The van der Waals surface area contributed by atoms with Gasteiger partial charge in [-0.05, 0) is 43.5 Å². The molecule has 7 heteroatoms. The lowest BCUT2D eigenvalue weighted by Crippen LogP contribution is -2.34. The highest BCUT2D eigenvalue weighted by atomic mass is 35.5. The van der Waals surface area contributed by atoms with Crippen molar-refractivity contribution in [1.29, 1.82) is 0 Å². The maximum absolute atomic E-state index is 12.8. The molecule has 1 saturated heterocycles. The van der Waals surface area contributed by atoms with Crippen LogP contribution in [0.3, 0.4) is 0 Å². The number of urea groups is 1. The highest BCUT2D eigenvalue weighted by Gasteiger charge is 2.34. The average molecular weight is 383 g/mol. The van der Waals surface area contributed by atoms with Crippen LogP contribution in [0.4, 0.5) is 10.5 Å². The predicted molar refractivity (Wildman–Crippen MR) is 104 cm³/mol. The van der Waals surface area contributed by atoms with E-state index < -0.39 is 0 Å². The number of nitrogens with one attached hydrogen (secondary N) is 1. The fourth-order valence-electron chi connectivity index (χ4n) is 3.28. The lowest BCUT2D eigenvalue weighted by molar-refractivity contribution is 0.193. The van der Waals surface area contributed by atoms with E-state index in [-0.39, 0.29) is 12.1 Å². The first-order valence-electron chi connectivity index (χ1n) is 8.84. The summed E-state index contributed by atoms with van der Waals surface area (Å²) in [6.07, 6.45) is 1.68. The van der Waals surface area contributed by atoms with Gasteiger partial charge in [0.25, 0.3) is 0 Å². The zero-order valence-electron chi connectivity index (χ0n) is 14.9. The average Bonchev–Trinajstić information content (AvgIpc) is 3.33. The van der Waals surface area contributed by atoms with Crippen molar-refractivity contribution < 1.29 is 9.32 Å². The molecule has 0 spiro atoms. The zero-order chi connectivity index (χ0) is 18.8. The van der Waals surface area contributed by atoms with E-state index in [1.165, 1.54) is 0 Å². The molecule has 1 atom stereocenters. The number of rotatable bonds is 3. The van der Waals surface area contributed by atoms with Gasteiger partial charge in [0.1, 0.15) is 6.04 Å². The highest BCUT2D eigenvalue weighted by Crippen LogP contribution is 2.33. The molecule has 138 valence electrons. The third kappa shape index (κ3) is 3.66. The quantitative estimate of drug-likeness (QED) is 0.686. The highest BCUT2D eigenvalue weighted by molar-refractivity contribution is 6.30. The summed E-state index contributed by atoms with van der Waals surface area (Å²) in [7, 11) is 0. The third-order valence-corrected chi connectivity index (χ3v) is 4.95. The maximum atomic E-state index is 12.8. The molecular weight excluding hydrogens is 364 g/mol. The number of hydrogen-bond donors (Lipinski definition) is 1. The fourth-order valence-corrected chi connectivity index (χ4v) is 3.47. The van der Waals surface area contributed by atoms with E-state index in [0.29, 0.717) is 23.3 Å². The molecule has 0 aliphatic carbocycles. The topological polar surface area (TPSA) is 71.3 Å². The molecule has 2 amide bonds. The van der Waals surface area contributed by atoms with Crippen LogP contribution in [0.2, 0.25) is 5.02 Å². The molecule has 0 saturated carbocycles. The van der Waals surface area contributed by atoms with Crippen LogP contribution < -0.4 is 5.32 Å². The molecule has 2 heterocycles. The van der Waals surface area contributed by atoms with Crippen LogP contribution in [-0.4, -0.2) is 27.6 Å². The van der Waals surface area contributed by atoms with Gasteiger partial charge >= 0.3 is 6.03 Å². The van der Waals surface area contributed by atoms with Gasteiger partial charge in [-0.2, -0.15) is 4.98 Å². The van der Waals surface area contributed by atoms with Crippen LogP contribution in [0.1, 0.15) is 30.3 Å². The molecule has 0 bridgehead atoms. The lowest BCUT2D eigenvalue weighted by Gasteiger charge is -2.22. The molecule has 1 fully saturated rings.